The van der Waals surface area contributed by atoms with Crippen LogP contribution in [0.4, 0.5) is 0 Å². The largest absolute Gasteiger partial charge is 0.455 e. The molecule has 2 aromatic rings. The first kappa shape index (κ1) is 20.3. The van der Waals surface area contributed by atoms with Crippen LogP contribution < -0.4 is 20.9 Å². The van der Waals surface area contributed by atoms with Crippen LogP contribution >= 0.6 is 0 Å². The third-order valence-corrected chi connectivity index (χ3v) is 4.29. The van der Waals surface area contributed by atoms with Gasteiger partial charge in [0.2, 0.25) is 6.29 Å². The fourth-order valence-corrected chi connectivity index (χ4v) is 2.81. The van der Waals surface area contributed by atoms with E-state index in [0.717, 1.165) is 37.2 Å². The quantitative estimate of drug-likeness (QED) is 0.444. The summed E-state index contributed by atoms with van der Waals surface area (Å²) >= 11 is 0. The van der Waals surface area contributed by atoms with Gasteiger partial charge in [0.25, 0.3) is 0 Å². The first-order valence-corrected chi connectivity index (χ1v) is 9.66. The van der Waals surface area contributed by atoms with Crippen LogP contribution in [0, 0.1) is 0 Å². The summed E-state index contributed by atoms with van der Waals surface area (Å²) in [6.45, 7) is 3.51. The molecule has 2 rings (SSSR count). The Morgan fingerprint density at radius 3 is 1.58 bits per heavy atom. The van der Waals surface area contributed by atoms with E-state index in [1.807, 2.05) is 24.3 Å². The Hall–Kier alpha value is -2.04. The molecule has 0 atom stereocenters. The number of rotatable bonds is 12. The predicted molar refractivity (Wildman–Crippen MR) is 108 cm³/mol. The molecule has 0 aliphatic rings. The van der Waals surface area contributed by atoms with Gasteiger partial charge in [-0.3, -0.25) is 0 Å². The summed E-state index contributed by atoms with van der Waals surface area (Å²) in [6, 6.07) is 16.2. The minimum Gasteiger partial charge on any atom is -0.455 e. The van der Waals surface area contributed by atoms with Crippen molar-refractivity contribution >= 4 is 0 Å². The van der Waals surface area contributed by atoms with E-state index in [1.54, 1.807) is 0 Å². The summed E-state index contributed by atoms with van der Waals surface area (Å²) in [6.07, 6.45) is 5.77. The standard InChI is InChI=1S/C22H32N2O2/c1-2-3-4-5-22(25-20-10-6-18(7-11-20)14-16-23)26-21-12-8-19(9-13-21)15-17-24/h6-13,22H,2-5,14-17,23-24H2,1H3. The van der Waals surface area contributed by atoms with E-state index in [0.29, 0.717) is 13.1 Å². The number of benzene rings is 2. The third kappa shape index (κ3) is 7.06. The predicted octanol–water partition coefficient (Wildman–Crippen LogP) is 4.05. The molecule has 26 heavy (non-hydrogen) atoms. The monoisotopic (exact) mass is 356 g/mol. The minimum atomic E-state index is -0.290. The van der Waals surface area contributed by atoms with Gasteiger partial charge in [-0.15, -0.1) is 0 Å². The number of nitrogens with two attached hydrogens (primary N) is 2. The number of hydrogen-bond acceptors (Lipinski definition) is 4. The summed E-state index contributed by atoms with van der Waals surface area (Å²) in [4.78, 5) is 0. The van der Waals surface area contributed by atoms with E-state index < -0.39 is 0 Å². The van der Waals surface area contributed by atoms with Gasteiger partial charge in [-0.2, -0.15) is 0 Å². The zero-order valence-corrected chi connectivity index (χ0v) is 15.8. The lowest BCUT2D eigenvalue weighted by Crippen LogP contribution is -2.24. The highest BCUT2D eigenvalue weighted by atomic mass is 16.7. The van der Waals surface area contributed by atoms with E-state index in [-0.39, 0.29) is 6.29 Å². The molecule has 0 aliphatic heterocycles. The van der Waals surface area contributed by atoms with Crippen LogP contribution in [0.5, 0.6) is 11.5 Å². The molecular weight excluding hydrogens is 324 g/mol. The van der Waals surface area contributed by atoms with Crippen LogP contribution in [0.25, 0.3) is 0 Å². The average Bonchev–Trinajstić information content (AvgIpc) is 2.65. The zero-order valence-electron chi connectivity index (χ0n) is 15.8. The molecule has 0 spiro atoms. The molecular formula is C22H32N2O2. The highest BCUT2D eigenvalue weighted by Crippen LogP contribution is 2.21. The van der Waals surface area contributed by atoms with Crippen molar-refractivity contribution in [1.82, 2.24) is 0 Å². The van der Waals surface area contributed by atoms with E-state index in [2.05, 4.69) is 31.2 Å². The second kappa shape index (κ2) is 11.6. The fourth-order valence-electron chi connectivity index (χ4n) is 2.81. The second-order valence-electron chi connectivity index (χ2n) is 6.53. The summed E-state index contributed by atoms with van der Waals surface area (Å²) in [5.41, 5.74) is 13.7. The molecule has 0 unspecified atom stereocenters. The molecule has 142 valence electrons. The molecule has 0 saturated carbocycles. The Morgan fingerprint density at radius 1 is 0.731 bits per heavy atom. The van der Waals surface area contributed by atoms with Gasteiger partial charge in [-0.05, 0) is 67.7 Å². The number of unbranched alkanes of at least 4 members (excludes halogenated alkanes) is 2. The summed E-state index contributed by atoms with van der Waals surface area (Å²) < 4.78 is 12.2. The van der Waals surface area contributed by atoms with Crippen molar-refractivity contribution in [2.75, 3.05) is 13.1 Å². The van der Waals surface area contributed by atoms with E-state index in [9.17, 15) is 0 Å². The van der Waals surface area contributed by atoms with Gasteiger partial charge in [0.1, 0.15) is 11.5 Å². The van der Waals surface area contributed by atoms with E-state index in [1.165, 1.54) is 24.0 Å². The van der Waals surface area contributed by atoms with Gasteiger partial charge in [0.15, 0.2) is 0 Å². The molecule has 0 saturated heterocycles. The van der Waals surface area contributed by atoms with Crippen molar-refractivity contribution in [3.63, 3.8) is 0 Å². The molecule has 0 radical (unpaired) electrons. The normalized spacial score (nSPS) is 10.9. The summed E-state index contributed by atoms with van der Waals surface area (Å²) in [7, 11) is 0. The maximum Gasteiger partial charge on any atom is 0.241 e. The Kier molecular flexibility index (Phi) is 9.01. The molecule has 0 bridgehead atoms. The summed E-state index contributed by atoms with van der Waals surface area (Å²) in [5.74, 6) is 1.65. The zero-order chi connectivity index (χ0) is 18.6. The van der Waals surface area contributed by atoms with Crippen molar-refractivity contribution in [2.45, 2.75) is 51.7 Å². The first-order valence-electron chi connectivity index (χ1n) is 9.66. The molecule has 2 aromatic carbocycles. The van der Waals surface area contributed by atoms with E-state index >= 15 is 0 Å². The maximum absolute atomic E-state index is 6.10. The lowest BCUT2D eigenvalue weighted by atomic mass is 10.1. The second-order valence-corrected chi connectivity index (χ2v) is 6.53. The van der Waals surface area contributed by atoms with Gasteiger partial charge >= 0.3 is 0 Å². The van der Waals surface area contributed by atoms with Crippen LogP contribution in [-0.4, -0.2) is 19.4 Å². The first-order chi connectivity index (χ1) is 12.7. The van der Waals surface area contributed by atoms with Crippen LogP contribution in [-0.2, 0) is 12.8 Å². The molecule has 0 aromatic heterocycles. The highest BCUT2D eigenvalue weighted by Gasteiger charge is 2.12. The topological polar surface area (TPSA) is 70.5 Å². The minimum absolute atomic E-state index is 0.290. The van der Waals surface area contributed by atoms with Crippen molar-refractivity contribution in [2.24, 2.45) is 11.5 Å². The Balaban J connectivity index is 1.99. The maximum atomic E-state index is 6.10. The van der Waals surface area contributed by atoms with Crippen LogP contribution in [0.1, 0.15) is 43.7 Å². The van der Waals surface area contributed by atoms with E-state index in [4.69, 9.17) is 20.9 Å². The van der Waals surface area contributed by atoms with Gasteiger partial charge in [-0.25, -0.2) is 0 Å². The molecule has 0 amide bonds. The smallest absolute Gasteiger partial charge is 0.241 e. The van der Waals surface area contributed by atoms with Crippen molar-refractivity contribution in [3.05, 3.63) is 59.7 Å². The van der Waals surface area contributed by atoms with Gasteiger partial charge in [0.05, 0.1) is 0 Å². The summed E-state index contributed by atoms with van der Waals surface area (Å²) in [5, 5.41) is 0. The Bertz CT molecular complexity index is 560. The molecule has 4 nitrogen and oxygen atoms in total. The SMILES string of the molecule is CCCCCC(Oc1ccc(CCN)cc1)Oc1ccc(CCN)cc1. The number of ether oxygens (including phenoxy) is 2. The van der Waals surface area contributed by atoms with Gasteiger partial charge in [0, 0.05) is 6.42 Å². The van der Waals surface area contributed by atoms with Crippen molar-refractivity contribution in [3.8, 4) is 11.5 Å². The Morgan fingerprint density at radius 2 is 1.19 bits per heavy atom. The van der Waals surface area contributed by atoms with Crippen LogP contribution in [0.3, 0.4) is 0 Å². The Labute approximate surface area is 157 Å². The highest BCUT2D eigenvalue weighted by molar-refractivity contribution is 5.29. The lowest BCUT2D eigenvalue weighted by molar-refractivity contribution is -0.00239. The van der Waals surface area contributed by atoms with Gasteiger partial charge in [-0.1, -0.05) is 44.0 Å². The van der Waals surface area contributed by atoms with Crippen molar-refractivity contribution in [1.29, 1.82) is 0 Å². The molecule has 4 N–H and O–H groups in total. The van der Waals surface area contributed by atoms with Crippen molar-refractivity contribution < 1.29 is 9.47 Å². The fraction of sp³-hybridized carbons (Fsp3) is 0.455. The van der Waals surface area contributed by atoms with Gasteiger partial charge < -0.3 is 20.9 Å². The van der Waals surface area contributed by atoms with Crippen LogP contribution in [0.15, 0.2) is 48.5 Å². The molecule has 0 heterocycles. The molecule has 0 fully saturated rings. The lowest BCUT2D eigenvalue weighted by Gasteiger charge is -2.21. The molecule has 0 aliphatic carbocycles. The third-order valence-electron chi connectivity index (χ3n) is 4.29. The number of hydrogen-bond donors (Lipinski definition) is 2. The average molecular weight is 357 g/mol. The van der Waals surface area contributed by atoms with Crippen LogP contribution in [0.2, 0.25) is 0 Å². The molecule has 4 heteroatoms.